The summed E-state index contributed by atoms with van der Waals surface area (Å²) in [7, 11) is 0. The largest absolute Gasteiger partial charge is 0.463 e. The van der Waals surface area contributed by atoms with Crippen LogP contribution in [0.15, 0.2) is 18.3 Å². The monoisotopic (exact) mass is 503 g/mol. The summed E-state index contributed by atoms with van der Waals surface area (Å²) < 4.78 is 63.3. The molecule has 184 valence electrons. The van der Waals surface area contributed by atoms with E-state index in [1.54, 1.807) is 0 Å². The Balaban J connectivity index is 2.05. The first-order valence-electron chi connectivity index (χ1n) is 9.86. The Bertz CT molecular complexity index is 1080. The maximum atomic E-state index is 13.7. The van der Waals surface area contributed by atoms with Crippen LogP contribution >= 0.6 is 12.6 Å². The molecule has 10 nitrogen and oxygen atoms in total. The molecule has 0 bridgehead atoms. The van der Waals surface area contributed by atoms with Gasteiger partial charge in [0.1, 0.15) is 29.9 Å². The van der Waals surface area contributed by atoms with Gasteiger partial charge < -0.3 is 18.9 Å². The Kier molecular flexibility index (Phi) is 7.82. The number of carbonyl (C=O) groups is 3. The van der Waals surface area contributed by atoms with Crippen molar-refractivity contribution in [3.63, 3.8) is 0 Å². The van der Waals surface area contributed by atoms with Gasteiger partial charge in [-0.05, 0) is 12.1 Å². The van der Waals surface area contributed by atoms with Gasteiger partial charge in [0.2, 0.25) is 0 Å². The molecular formula is C20H20F3N3O7S. The van der Waals surface area contributed by atoms with Crippen molar-refractivity contribution in [1.82, 2.24) is 15.0 Å². The Hall–Kier alpha value is -3.13. The molecule has 2 unspecified atom stereocenters. The molecule has 0 radical (unpaired) electrons. The van der Waals surface area contributed by atoms with Gasteiger partial charge in [0.05, 0.1) is 6.20 Å². The Morgan fingerprint density at radius 1 is 1.03 bits per heavy atom. The summed E-state index contributed by atoms with van der Waals surface area (Å²) in [5, 5.41) is 7.78. The van der Waals surface area contributed by atoms with Gasteiger partial charge >= 0.3 is 17.9 Å². The van der Waals surface area contributed by atoms with Crippen LogP contribution in [-0.2, 0) is 33.3 Å². The minimum Gasteiger partial charge on any atom is -0.463 e. The number of hydrogen-bond acceptors (Lipinski definition) is 10. The summed E-state index contributed by atoms with van der Waals surface area (Å²) in [4.78, 5) is 34.9. The molecular weight excluding hydrogens is 483 g/mol. The second kappa shape index (κ2) is 10.4. The number of benzene rings is 1. The number of hydrogen-bond donors (Lipinski definition) is 1. The fourth-order valence-electron chi connectivity index (χ4n) is 3.46. The van der Waals surface area contributed by atoms with Crippen LogP contribution in [-0.4, -0.2) is 63.3 Å². The first-order chi connectivity index (χ1) is 16.0. The molecule has 3 rings (SSSR count). The van der Waals surface area contributed by atoms with Crippen LogP contribution in [0.25, 0.3) is 11.3 Å². The van der Waals surface area contributed by atoms with Gasteiger partial charge in [-0.1, -0.05) is 5.21 Å². The van der Waals surface area contributed by atoms with Crippen molar-refractivity contribution in [3.05, 3.63) is 35.8 Å². The van der Waals surface area contributed by atoms with Crippen LogP contribution in [0, 0.1) is 17.5 Å². The van der Waals surface area contributed by atoms with Crippen LogP contribution in [0.4, 0.5) is 13.2 Å². The minimum atomic E-state index is -1.64. The lowest BCUT2D eigenvalue weighted by Crippen LogP contribution is -2.57. The Morgan fingerprint density at radius 2 is 1.62 bits per heavy atom. The lowest BCUT2D eigenvalue weighted by atomic mass is 9.96. The number of aromatic nitrogens is 3. The van der Waals surface area contributed by atoms with E-state index in [0.29, 0.717) is 0 Å². The number of rotatable bonds is 6. The molecule has 1 aromatic heterocycles. The number of ether oxygens (including phenoxy) is 4. The zero-order valence-corrected chi connectivity index (χ0v) is 19.0. The molecule has 1 aliphatic rings. The molecule has 0 N–H and O–H groups in total. The van der Waals surface area contributed by atoms with E-state index in [2.05, 4.69) is 22.9 Å². The molecule has 0 amide bonds. The molecule has 1 saturated heterocycles. The second-order valence-electron chi connectivity index (χ2n) is 7.34. The van der Waals surface area contributed by atoms with Gasteiger partial charge in [0, 0.05) is 26.3 Å². The average molecular weight is 503 g/mol. The predicted molar refractivity (Wildman–Crippen MR) is 110 cm³/mol. The lowest BCUT2D eigenvalue weighted by Gasteiger charge is -2.43. The fourth-order valence-corrected chi connectivity index (χ4v) is 3.85. The van der Waals surface area contributed by atoms with E-state index < -0.39 is 65.1 Å². The van der Waals surface area contributed by atoms with E-state index in [9.17, 15) is 27.6 Å². The first-order valence-corrected chi connectivity index (χ1v) is 10.4. The SMILES string of the molecule is CC(=O)OCC1O[C@H](S)C(OC(C)=O)[C@@H](n2cc(-c3cc(F)c(F)c(F)c3)nn2)[C@H]1OC(C)=O. The van der Waals surface area contributed by atoms with Crippen LogP contribution in [0.5, 0.6) is 0 Å². The van der Waals surface area contributed by atoms with Gasteiger partial charge in [-0.15, -0.1) is 17.7 Å². The zero-order chi connectivity index (χ0) is 25.2. The van der Waals surface area contributed by atoms with Crippen molar-refractivity contribution in [3.8, 4) is 11.3 Å². The number of thiol groups is 1. The van der Waals surface area contributed by atoms with Crippen LogP contribution in [0.1, 0.15) is 26.8 Å². The highest BCUT2D eigenvalue weighted by Crippen LogP contribution is 2.36. The average Bonchev–Trinajstić information content (AvgIpc) is 3.22. The van der Waals surface area contributed by atoms with E-state index in [-0.39, 0.29) is 17.9 Å². The first kappa shape index (κ1) is 25.5. The number of halogens is 3. The van der Waals surface area contributed by atoms with Gasteiger partial charge in [-0.2, -0.15) is 0 Å². The maximum Gasteiger partial charge on any atom is 0.303 e. The maximum absolute atomic E-state index is 13.7. The van der Waals surface area contributed by atoms with Crippen molar-refractivity contribution < 1.29 is 46.5 Å². The normalized spacial score (nSPS) is 24.4. The fraction of sp³-hybridized carbons (Fsp3) is 0.450. The summed E-state index contributed by atoms with van der Waals surface area (Å²) >= 11 is 4.31. The molecule has 5 atom stereocenters. The summed E-state index contributed by atoms with van der Waals surface area (Å²) in [5.41, 5.74) is -1.25. The van der Waals surface area contributed by atoms with Crippen molar-refractivity contribution in [2.24, 2.45) is 0 Å². The third-order valence-electron chi connectivity index (χ3n) is 4.79. The molecule has 34 heavy (non-hydrogen) atoms. The summed E-state index contributed by atoms with van der Waals surface area (Å²) in [6.45, 7) is 3.11. The van der Waals surface area contributed by atoms with Gasteiger partial charge in [-0.25, -0.2) is 17.9 Å². The Morgan fingerprint density at radius 3 is 2.18 bits per heavy atom. The third kappa shape index (κ3) is 5.67. The summed E-state index contributed by atoms with van der Waals surface area (Å²) in [5.74, 6) is -6.56. The predicted octanol–water partition coefficient (Wildman–Crippen LogP) is 1.98. The van der Waals surface area contributed by atoms with Crippen LogP contribution in [0.3, 0.4) is 0 Å². The van der Waals surface area contributed by atoms with Crippen molar-refractivity contribution >= 4 is 30.5 Å². The van der Waals surface area contributed by atoms with Crippen molar-refractivity contribution in [2.45, 2.75) is 50.6 Å². The van der Waals surface area contributed by atoms with E-state index in [0.717, 1.165) is 30.7 Å². The van der Waals surface area contributed by atoms with Crippen molar-refractivity contribution in [2.75, 3.05) is 6.61 Å². The van der Waals surface area contributed by atoms with E-state index in [4.69, 9.17) is 18.9 Å². The highest BCUT2D eigenvalue weighted by atomic mass is 32.1. The van der Waals surface area contributed by atoms with Gasteiger partial charge in [-0.3, -0.25) is 14.4 Å². The molecule has 1 aromatic carbocycles. The highest BCUT2D eigenvalue weighted by molar-refractivity contribution is 7.80. The molecule has 0 aliphatic carbocycles. The smallest absolute Gasteiger partial charge is 0.303 e. The second-order valence-corrected chi connectivity index (χ2v) is 7.85. The Labute approximate surface area is 196 Å². The van der Waals surface area contributed by atoms with E-state index >= 15 is 0 Å². The standard InChI is InChI=1S/C20H20F3N3O7S/c1-8(27)30-7-15-18(31-9(2)28)17(19(20(34)33-15)32-10(3)29)26-6-14(24-25-26)11-4-12(21)16(23)13(22)5-11/h4-6,15,17-20,34H,7H2,1-3H3/t15?,17-,18-,19?,20+/m0/s1. The van der Waals surface area contributed by atoms with Crippen LogP contribution in [0.2, 0.25) is 0 Å². The number of nitrogens with zero attached hydrogens (tertiary/aromatic N) is 3. The topological polar surface area (TPSA) is 119 Å². The van der Waals surface area contributed by atoms with Crippen LogP contribution < -0.4 is 0 Å². The molecule has 2 heterocycles. The zero-order valence-electron chi connectivity index (χ0n) is 18.1. The molecule has 0 saturated carbocycles. The number of carbonyl (C=O) groups excluding carboxylic acids is 3. The molecule has 2 aromatic rings. The van der Waals surface area contributed by atoms with Gasteiger partial charge in [0.15, 0.2) is 29.7 Å². The third-order valence-corrected chi connectivity index (χ3v) is 5.20. The summed E-state index contributed by atoms with van der Waals surface area (Å²) in [6.07, 6.45) is -2.19. The van der Waals surface area contributed by atoms with Gasteiger partial charge in [0.25, 0.3) is 0 Å². The van der Waals surface area contributed by atoms with E-state index in [1.807, 2.05) is 0 Å². The summed E-state index contributed by atoms with van der Waals surface area (Å²) in [6, 6.07) is 0.366. The van der Waals surface area contributed by atoms with Crippen molar-refractivity contribution in [1.29, 1.82) is 0 Å². The molecule has 14 heteroatoms. The highest BCUT2D eigenvalue weighted by Gasteiger charge is 2.50. The quantitative estimate of drug-likeness (QED) is 0.273. The molecule has 1 aliphatic heterocycles. The number of esters is 3. The molecule has 0 spiro atoms. The minimum absolute atomic E-state index is 0.0558. The molecule has 1 fully saturated rings. The van der Waals surface area contributed by atoms with E-state index in [1.165, 1.54) is 13.1 Å². The lowest BCUT2D eigenvalue weighted by molar-refractivity contribution is -0.211.